The molecule has 1 fully saturated rings. The van der Waals surface area contributed by atoms with Gasteiger partial charge in [-0.2, -0.15) is 0 Å². The van der Waals surface area contributed by atoms with Crippen LogP contribution in [0.2, 0.25) is 0 Å². The summed E-state index contributed by atoms with van der Waals surface area (Å²) in [4.78, 5) is 2.61. The number of aryl methyl sites for hydroxylation is 2. The second-order valence-corrected chi connectivity index (χ2v) is 11.5. The average Bonchev–Trinajstić information content (AvgIpc) is 3.15. The van der Waals surface area contributed by atoms with Gasteiger partial charge in [0.15, 0.2) is 0 Å². The maximum absolute atomic E-state index is 6.47. The summed E-state index contributed by atoms with van der Waals surface area (Å²) in [6, 6.07) is 13.8. The van der Waals surface area contributed by atoms with E-state index in [-0.39, 0.29) is 23.9 Å². The predicted octanol–water partition coefficient (Wildman–Crippen LogP) is 4.95. The van der Waals surface area contributed by atoms with E-state index in [2.05, 4.69) is 89.8 Å². The lowest BCUT2D eigenvalue weighted by molar-refractivity contribution is 0.00578. The molecular formula is C27H36BNO3. The van der Waals surface area contributed by atoms with E-state index < -0.39 is 0 Å². The van der Waals surface area contributed by atoms with Crippen molar-refractivity contribution in [3.8, 4) is 5.75 Å². The molecule has 0 bridgehead atoms. The van der Waals surface area contributed by atoms with Crippen molar-refractivity contribution in [1.82, 2.24) is 4.90 Å². The third-order valence-electron chi connectivity index (χ3n) is 7.75. The number of hydrogen-bond donors (Lipinski definition) is 0. The zero-order valence-electron chi connectivity index (χ0n) is 20.6. The standard InChI is InChI=1S/C27H36BNO3/c1-18-8-9-20-16-29(17-25(2,3)30-24(20)14-18)23-13-11-19-10-12-21(15-22(19)23)28-31-26(4,5)27(6,7)32-28/h8-10,12,14-15,23H,11,13,16-17H2,1-7H3. The first-order valence-corrected chi connectivity index (χ1v) is 12.0. The molecule has 1 atom stereocenters. The molecule has 4 nitrogen and oxygen atoms in total. The van der Waals surface area contributed by atoms with Gasteiger partial charge in [-0.05, 0) is 89.5 Å². The van der Waals surface area contributed by atoms with Gasteiger partial charge in [-0.15, -0.1) is 0 Å². The SMILES string of the molecule is Cc1ccc2c(c1)OC(C)(C)CN(C1CCc3ccc(B4OC(C)(C)C(C)(C)O4)cc31)C2. The Bertz CT molecular complexity index is 1030. The van der Waals surface area contributed by atoms with E-state index in [1.807, 2.05) is 0 Å². The first-order chi connectivity index (χ1) is 14.9. The summed E-state index contributed by atoms with van der Waals surface area (Å²) in [6.07, 6.45) is 2.25. The summed E-state index contributed by atoms with van der Waals surface area (Å²) in [6.45, 7) is 16.8. The van der Waals surface area contributed by atoms with Gasteiger partial charge < -0.3 is 14.0 Å². The minimum atomic E-state index is -0.329. The van der Waals surface area contributed by atoms with Gasteiger partial charge in [0.1, 0.15) is 11.4 Å². The van der Waals surface area contributed by atoms with Gasteiger partial charge in [0.25, 0.3) is 0 Å². The van der Waals surface area contributed by atoms with Crippen LogP contribution in [0.5, 0.6) is 5.75 Å². The fourth-order valence-corrected chi connectivity index (χ4v) is 5.31. The van der Waals surface area contributed by atoms with Crippen LogP contribution in [-0.2, 0) is 22.3 Å². The number of nitrogens with zero attached hydrogens (tertiary/aromatic N) is 1. The average molecular weight is 433 g/mol. The highest BCUT2D eigenvalue weighted by molar-refractivity contribution is 6.62. The second kappa shape index (κ2) is 7.34. The fourth-order valence-electron chi connectivity index (χ4n) is 5.31. The Morgan fingerprint density at radius 1 is 0.906 bits per heavy atom. The van der Waals surface area contributed by atoms with E-state index in [1.54, 1.807) is 0 Å². The smallest absolute Gasteiger partial charge is 0.486 e. The zero-order valence-corrected chi connectivity index (χ0v) is 20.6. The molecule has 0 N–H and O–H groups in total. The molecule has 0 amide bonds. The molecule has 1 aliphatic carbocycles. The summed E-state index contributed by atoms with van der Waals surface area (Å²) in [7, 11) is -0.320. The lowest BCUT2D eigenvalue weighted by atomic mass is 9.77. The van der Waals surface area contributed by atoms with E-state index in [9.17, 15) is 0 Å². The highest BCUT2D eigenvalue weighted by atomic mass is 16.7. The molecule has 2 aliphatic heterocycles. The molecule has 2 aromatic carbocycles. The van der Waals surface area contributed by atoms with Crippen LogP contribution in [0, 0.1) is 6.92 Å². The molecular weight excluding hydrogens is 397 g/mol. The van der Waals surface area contributed by atoms with E-state index in [0.717, 1.165) is 37.1 Å². The van der Waals surface area contributed by atoms with E-state index in [0.29, 0.717) is 6.04 Å². The Morgan fingerprint density at radius 2 is 1.59 bits per heavy atom. The molecule has 0 aromatic heterocycles. The van der Waals surface area contributed by atoms with Crippen molar-refractivity contribution in [2.45, 2.75) is 90.7 Å². The summed E-state index contributed by atoms with van der Waals surface area (Å²) < 4.78 is 19.2. The molecule has 170 valence electrons. The highest BCUT2D eigenvalue weighted by Crippen LogP contribution is 2.41. The van der Waals surface area contributed by atoms with Crippen LogP contribution in [0.15, 0.2) is 36.4 Å². The summed E-state index contributed by atoms with van der Waals surface area (Å²) in [5.74, 6) is 1.03. The van der Waals surface area contributed by atoms with Crippen LogP contribution >= 0.6 is 0 Å². The topological polar surface area (TPSA) is 30.9 Å². The summed E-state index contributed by atoms with van der Waals surface area (Å²) >= 11 is 0. The molecule has 0 radical (unpaired) electrons. The molecule has 2 heterocycles. The van der Waals surface area contributed by atoms with Gasteiger partial charge >= 0.3 is 7.12 Å². The molecule has 1 unspecified atom stereocenters. The van der Waals surface area contributed by atoms with Crippen molar-refractivity contribution in [3.63, 3.8) is 0 Å². The number of rotatable bonds is 2. The minimum absolute atomic E-state index is 0.245. The largest absolute Gasteiger partial charge is 0.494 e. The number of hydrogen-bond acceptors (Lipinski definition) is 4. The maximum atomic E-state index is 6.47. The van der Waals surface area contributed by atoms with E-state index >= 15 is 0 Å². The molecule has 0 saturated carbocycles. The summed E-state index contributed by atoms with van der Waals surface area (Å²) in [5, 5.41) is 0. The molecule has 5 heteroatoms. The minimum Gasteiger partial charge on any atom is -0.486 e. The van der Waals surface area contributed by atoms with Crippen LogP contribution in [0.3, 0.4) is 0 Å². The van der Waals surface area contributed by atoms with Gasteiger partial charge in [-0.1, -0.05) is 30.3 Å². The van der Waals surface area contributed by atoms with Gasteiger partial charge in [0.2, 0.25) is 0 Å². The lowest BCUT2D eigenvalue weighted by Crippen LogP contribution is -2.42. The fraction of sp³-hybridized carbons (Fsp3) is 0.556. The third-order valence-corrected chi connectivity index (χ3v) is 7.75. The van der Waals surface area contributed by atoms with Gasteiger partial charge in [-0.25, -0.2) is 0 Å². The Labute approximate surface area is 193 Å². The molecule has 5 rings (SSSR count). The Kier molecular flexibility index (Phi) is 5.05. The molecule has 2 aromatic rings. The van der Waals surface area contributed by atoms with E-state index in [4.69, 9.17) is 14.0 Å². The van der Waals surface area contributed by atoms with Gasteiger partial charge in [-0.3, -0.25) is 4.90 Å². The monoisotopic (exact) mass is 433 g/mol. The third kappa shape index (κ3) is 3.78. The summed E-state index contributed by atoms with van der Waals surface area (Å²) in [5.41, 5.74) is 5.60. The van der Waals surface area contributed by atoms with Gasteiger partial charge in [0.05, 0.1) is 11.2 Å². The Morgan fingerprint density at radius 3 is 2.31 bits per heavy atom. The normalized spacial score (nSPS) is 25.7. The van der Waals surface area contributed by atoms with Crippen molar-refractivity contribution in [2.24, 2.45) is 0 Å². The van der Waals surface area contributed by atoms with Gasteiger partial charge in [0, 0.05) is 24.7 Å². The first-order valence-electron chi connectivity index (χ1n) is 12.0. The highest BCUT2D eigenvalue weighted by Gasteiger charge is 2.52. The van der Waals surface area contributed by atoms with E-state index in [1.165, 1.54) is 22.3 Å². The second-order valence-electron chi connectivity index (χ2n) is 11.5. The van der Waals surface area contributed by atoms with Crippen LogP contribution in [0.25, 0.3) is 0 Å². The van der Waals surface area contributed by atoms with Crippen molar-refractivity contribution in [3.05, 3.63) is 58.7 Å². The van der Waals surface area contributed by atoms with Crippen LogP contribution < -0.4 is 10.2 Å². The van der Waals surface area contributed by atoms with Crippen molar-refractivity contribution < 1.29 is 14.0 Å². The Hall–Kier alpha value is -1.82. The zero-order chi connectivity index (χ0) is 22.9. The van der Waals surface area contributed by atoms with Crippen LogP contribution in [-0.4, -0.2) is 35.4 Å². The maximum Gasteiger partial charge on any atom is 0.494 e. The molecule has 0 spiro atoms. The predicted molar refractivity (Wildman–Crippen MR) is 130 cm³/mol. The first kappa shape index (κ1) is 22.0. The number of fused-ring (bicyclic) bond motifs is 2. The number of benzene rings is 2. The molecule has 1 saturated heterocycles. The van der Waals surface area contributed by atoms with Crippen molar-refractivity contribution in [1.29, 1.82) is 0 Å². The number of ether oxygens (including phenoxy) is 1. The van der Waals surface area contributed by atoms with Crippen LogP contribution in [0.1, 0.15) is 76.3 Å². The van der Waals surface area contributed by atoms with Crippen molar-refractivity contribution in [2.75, 3.05) is 6.54 Å². The van der Waals surface area contributed by atoms with Crippen molar-refractivity contribution >= 4 is 12.6 Å². The quantitative estimate of drug-likeness (QED) is 0.627. The molecule has 3 aliphatic rings. The molecule has 32 heavy (non-hydrogen) atoms. The lowest BCUT2D eigenvalue weighted by Gasteiger charge is -2.34. The van der Waals surface area contributed by atoms with Crippen LogP contribution in [0.4, 0.5) is 0 Å². The Balaban J connectivity index is 1.46.